The number of aliphatic hydroxyl groups excluding tert-OH is 1. The zero-order valence-electron chi connectivity index (χ0n) is 13.0. The first kappa shape index (κ1) is 16.0. The highest BCUT2D eigenvalue weighted by Crippen LogP contribution is 2.34. The van der Waals surface area contributed by atoms with Gasteiger partial charge in [-0.3, -0.25) is 4.79 Å². The average Bonchev–Trinajstić information content (AvgIpc) is 2.93. The second-order valence-electron chi connectivity index (χ2n) is 6.76. The van der Waals surface area contributed by atoms with Crippen molar-refractivity contribution in [2.45, 2.75) is 39.4 Å². The van der Waals surface area contributed by atoms with Crippen LogP contribution in [0.1, 0.15) is 38.9 Å². The van der Waals surface area contributed by atoms with Gasteiger partial charge in [0.05, 0.1) is 6.10 Å². The van der Waals surface area contributed by atoms with E-state index in [9.17, 15) is 9.90 Å². The van der Waals surface area contributed by atoms with Crippen molar-refractivity contribution in [3.63, 3.8) is 0 Å². The molecule has 21 heavy (non-hydrogen) atoms. The lowest BCUT2D eigenvalue weighted by Crippen LogP contribution is -2.40. The molecule has 1 aromatic rings. The van der Waals surface area contributed by atoms with Gasteiger partial charge in [-0.15, -0.1) is 0 Å². The summed E-state index contributed by atoms with van der Waals surface area (Å²) in [7, 11) is 0. The lowest BCUT2D eigenvalue weighted by atomic mass is 9.81. The Kier molecular flexibility index (Phi) is 5.01. The first-order valence-electron chi connectivity index (χ1n) is 7.52. The molecule has 3 atom stereocenters. The third kappa shape index (κ3) is 4.05. The van der Waals surface area contributed by atoms with Crippen LogP contribution in [0.15, 0.2) is 30.3 Å². The quantitative estimate of drug-likeness (QED) is 0.895. The number of rotatable bonds is 4. The molecule has 1 aliphatic heterocycles. The van der Waals surface area contributed by atoms with Crippen molar-refractivity contribution in [3.05, 3.63) is 35.9 Å². The summed E-state index contributed by atoms with van der Waals surface area (Å²) in [5.74, 6) is -0.0438. The van der Waals surface area contributed by atoms with Crippen LogP contribution < -0.4 is 5.32 Å². The Labute approximate surface area is 126 Å². The number of nitrogens with one attached hydrogen (secondary N) is 1. The molecule has 1 fully saturated rings. The van der Waals surface area contributed by atoms with Crippen LogP contribution in [0.2, 0.25) is 0 Å². The molecule has 0 aromatic heterocycles. The molecule has 1 unspecified atom stereocenters. The summed E-state index contributed by atoms with van der Waals surface area (Å²) >= 11 is 0. The van der Waals surface area contributed by atoms with E-state index in [0.717, 1.165) is 13.0 Å². The van der Waals surface area contributed by atoms with Crippen molar-refractivity contribution in [1.82, 2.24) is 5.32 Å². The molecule has 0 radical (unpaired) electrons. The highest BCUT2D eigenvalue weighted by molar-refractivity contribution is 5.81. The van der Waals surface area contributed by atoms with Crippen molar-refractivity contribution >= 4 is 5.91 Å². The number of hydrogen-bond acceptors (Lipinski definition) is 3. The molecule has 1 aromatic carbocycles. The van der Waals surface area contributed by atoms with E-state index in [1.165, 1.54) is 0 Å². The standard InChI is InChI=1S/C17H25NO3/c1-17(2,3)15-13(9-10-21-15)11-18-16(20)14(19)12-7-5-4-6-8-12/h4-8,13-15,19H,9-11H2,1-3H3,(H,18,20)/t13-,14?,15+/m1/s1. The van der Waals surface area contributed by atoms with E-state index in [4.69, 9.17) is 4.74 Å². The molecular weight excluding hydrogens is 266 g/mol. The van der Waals surface area contributed by atoms with Crippen molar-refractivity contribution in [2.24, 2.45) is 11.3 Å². The maximum absolute atomic E-state index is 12.1. The Morgan fingerprint density at radius 2 is 2.05 bits per heavy atom. The van der Waals surface area contributed by atoms with E-state index in [0.29, 0.717) is 18.0 Å². The molecule has 0 aliphatic carbocycles. The summed E-state index contributed by atoms with van der Waals surface area (Å²) in [6.45, 7) is 7.73. The van der Waals surface area contributed by atoms with Gasteiger partial charge in [-0.2, -0.15) is 0 Å². The van der Waals surface area contributed by atoms with Crippen LogP contribution in [0.4, 0.5) is 0 Å². The minimum atomic E-state index is -1.11. The second kappa shape index (κ2) is 6.58. The fourth-order valence-electron chi connectivity index (χ4n) is 2.92. The van der Waals surface area contributed by atoms with Crippen LogP contribution in [0.3, 0.4) is 0 Å². The molecule has 1 heterocycles. The van der Waals surface area contributed by atoms with Crippen LogP contribution >= 0.6 is 0 Å². The number of benzene rings is 1. The molecule has 1 aliphatic rings. The largest absolute Gasteiger partial charge is 0.378 e. The van der Waals surface area contributed by atoms with Gasteiger partial charge in [-0.1, -0.05) is 51.1 Å². The van der Waals surface area contributed by atoms with Gasteiger partial charge in [0.2, 0.25) is 0 Å². The van der Waals surface area contributed by atoms with Gasteiger partial charge >= 0.3 is 0 Å². The Balaban J connectivity index is 1.89. The fourth-order valence-corrected chi connectivity index (χ4v) is 2.92. The van der Waals surface area contributed by atoms with Gasteiger partial charge in [0.25, 0.3) is 5.91 Å². The van der Waals surface area contributed by atoms with Crippen molar-refractivity contribution in [2.75, 3.05) is 13.2 Å². The molecular formula is C17H25NO3. The molecule has 116 valence electrons. The van der Waals surface area contributed by atoms with Gasteiger partial charge in [-0.05, 0) is 17.4 Å². The zero-order valence-corrected chi connectivity index (χ0v) is 13.0. The minimum Gasteiger partial charge on any atom is -0.378 e. The van der Waals surface area contributed by atoms with E-state index < -0.39 is 6.10 Å². The summed E-state index contributed by atoms with van der Waals surface area (Å²) in [4.78, 5) is 12.1. The van der Waals surface area contributed by atoms with Crippen LogP contribution in [-0.2, 0) is 9.53 Å². The van der Waals surface area contributed by atoms with Gasteiger partial charge in [0.1, 0.15) is 0 Å². The molecule has 4 nitrogen and oxygen atoms in total. The number of carbonyl (C=O) groups excluding carboxylic acids is 1. The number of aliphatic hydroxyl groups is 1. The number of carbonyl (C=O) groups is 1. The summed E-state index contributed by atoms with van der Waals surface area (Å²) < 4.78 is 5.79. The second-order valence-corrected chi connectivity index (χ2v) is 6.76. The maximum Gasteiger partial charge on any atom is 0.253 e. The third-order valence-electron chi connectivity index (χ3n) is 3.97. The topological polar surface area (TPSA) is 58.6 Å². The normalized spacial score (nSPS) is 23.8. The molecule has 2 N–H and O–H groups in total. The van der Waals surface area contributed by atoms with E-state index in [-0.39, 0.29) is 17.4 Å². The molecule has 1 saturated heterocycles. The number of hydrogen-bond donors (Lipinski definition) is 2. The van der Waals surface area contributed by atoms with E-state index in [2.05, 4.69) is 26.1 Å². The van der Waals surface area contributed by atoms with Crippen LogP contribution in [0, 0.1) is 11.3 Å². The van der Waals surface area contributed by atoms with E-state index in [1.54, 1.807) is 12.1 Å². The Morgan fingerprint density at radius 3 is 2.67 bits per heavy atom. The van der Waals surface area contributed by atoms with Crippen LogP contribution in [0.25, 0.3) is 0 Å². The molecule has 0 spiro atoms. The molecule has 2 rings (SSSR count). The van der Waals surface area contributed by atoms with Gasteiger partial charge in [0.15, 0.2) is 6.10 Å². The summed E-state index contributed by atoms with van der Waals surface area (Å²) in [5.41, 5.74) is 0.675. The first-order chi connectivity index (χ1) is 9.89. The Morgan fingerprint density at radius 1 is 1.38 bits per heavy atom. The van der Waals surface area contributed by atoms with Crippen molar-refractivity contribution < 1.29 is 14.6 Å². The lowest BCUT2D eigenvalue weighted by Gasteiger charge is -2.31. The summed E-state index contributed by atoms with van der Waals surface area (Å²) in [6, 6.07) is 8.98. The SMILES string of the molecule is CC(C)(C)[C@H]1OCC[C@@H]1CNC(=O)C(O)c1ccccc1. The predicted molar refractivity (Wildman–Crippen MR) is 81.7 cm³/mol. The van der Waals surface area contributed by atoms with Gasteiger partial charge in [-0.25, -0.2) is 0 Å². The molecule has 4 heteroatoms. The molecule has 1 amide bonds. The minimum absolute atomic E-state index is 0.0595. The van der Waals surface area contributed by atoms with Crippen LogP contribution in [-0.4, -0.2) is 30.3 Å². The van der Waals surface area contributed by atoms with E-state index >= 15 is 0 Å². The maximum atomic E-state index is 12.1. The number of amides is 1. The zero-order chi connectivity index (χ0) is 15.5. The van der Waals surface area contributed by atoms with Gasteiger partial charge in [0, 0.05) is 19.1 Å². The highest BCUT2D eigenvalue weighted by atomic mass is 16.5. The fraction of sp³-hybridized carbons (Fsp3) is 0.588. The third-order valence-corrected chi connectivity index (χ3v) is 3.97. The molecule has 0 saturated carbocycles. The predicted octanol–water partition coefficient (Wildman–Crippen LogP) is 2.29. The van der Waals surface area contributed by atoms with Crippen molar-refractivity contribution in [1.29, 1.82) is 0 Å². The average molecular weight is 291 g/mol. The highest BCUT2D eigenvalue weighted by Gasteiger charge is 2.37. The Hall–Kier alpha value is -1.39. The van der Waals surface area contributed by atoms with Crippen molar-refractivity contribution in [3.8, 4) is 0 Å². The molecule has 0 bridgehead atoms. The Bertz CT molecular complexity index is 467. The first-order valence-corrected chi connectivity index (χ1v) is 7.52. The number of ether oxygens (including phenoxy) is 1. The lowest BCUT2D eigenvalue weighted by molar-refractivity contribution is -0.130. The van der Waals surface area contributed by atoms with E-state index in [1.807, 2.05) is 18.2 Å². The summed E-state index contributed by atoms with van der Waals surface area (Å²) in [6.07, 6.45) is -0.0165. The van der Waals surface area contributed by atoms with Gasteiger partial charge < -0.3 is 15.2 Å². The summed E-state index contributed by atoms with van der Waals surface area (Å²) in [5, 5.41) is 12.9. The monoisotopic (exact) mass is 291 g/mol. The smallest absolute Gasteiger partial charge is 0.253 e. The van der Waals surface area contributed by atoms with Crippen LogP contribution in [0.5, 0.6) is 0 Å².